The molecule has 88 valence electrons. The van der Waals surface area contributed by atoms with E-state index >= 15 is 0 Å². The van der Waals surface area contributed by atoms with E-state index in [0.29, 0.717) is 5.25 Å². The minimum Gasteiger partial charge on any atom is -0.305 e. The molecule has 0 spiro atoms. The van der Waals surface area contributed by atoms with Gasteiger partial charge >= 0.3 is 0 Å². The second-order valence-corrected chi connectivity index (χ2v) is 5.83. The number of rotatable bonds is 3. The van der Waals surface area contributed by atoms with E-state index in [9.17, 15) is 0 Å². The first-order valence-corrected chi connectivity index (χ1v) is 6.83. The van der Waals surface area contributed by atoms with Gasteiger partial charge in [0.2, 0.25) is 0 Å². The highest BCUT2D eigenvalue weighted by Crippen LogP contribution is 2.30. The van der Waals surface area contributed by atoms with Crippen LogP contribution in [0.4, 0.5) is 0 Å². The SMILES string of the molecule is C[C@@H]1Cn2c(CCc3ccccc3)nnc2S1. The lowest BCUT2D eigenvalue weighted by Gasteiger charge is -2.03. The molecule has 3 nitrogen and oxygen atoms in total. The maximum Gasteiger partial charge on any atom is 0.191 e. The zero-order chi connectivity index (χ0) is 11.7. The quantitative estimate of drug-likeness (QED) is 0.832. The highest BCUT2D eigenvalue weighted by molar-refractivity contribution is 7.99. The molecule has 0 N–H and O–H groups in total. The number of hydrogen-bond acceptors (Lipinski definition) is 3. The van der Waals surface area contributed by atoms with Crippen molar-refractivity contribution in [2.75, 3.05) is 0 Å². The van der Waals surface area contributed by atoms with Crippen molar-refractivity contribution in [3.8, 4) is 0 Å². The third kappa shape index (κ3) is 2.22. The first-order valence-electron chi connectivity index (χ1n) is 5.95. The lowest BCUT2D eigenvalue weighted by molar-refractivity contribution is 0.627. The van der Waals surface area contributed by atoms with E-state index in [1.54, 1.807) is 0 Å². The molecule has 1 aromatic carbocycles. The first-order chi connectivity index (χ1) is 8.33. The number of aromatic nitrogens is 3. The molecule has 0 bridgehead atoms. The van der Waals surface area contributed by atoms with Crippen LogP contribution in [0.3, 0.4) is 0 Å². The van der Waals surface area contributed by atoms with Gasteiger partial charge in [-0.25, -0.2) is 0 Å². The Bertz CT molecular complexity index is 507. The molecule has 4 heteroatoms. The summed E-state index contributed by atoms with van der Waals surface area (Å²) >= 11 is 1.82. The van der Waals surface area contributed by atoms with Gasteiger partial charge in [0.1, 0.15) is 5.82 Å². The van der Waals surface area contributed by atoms with Crippen LogP contribution in [0, 0.1) is 0 Å². The van der Waals surface area contributed by atoms with Crippen LogP contribution in [-0.2, 0) is 19.4 Å². The molecule has 1 aliphatic heterocycles. The normalized spacial score (nSPS) is 18.3. The van der Waals surface area contributed by atoms with Crippen LogP contribution in [0.25, 0.3) is 0 Å². The average Bonchev–Trinajstić information content (AvgIpc) is 2.87. The van der Waals surface area contributed by atoms with E-state index in [-0.39, 0.29) is 0 Å². The zero-order valence-corrected chi connectivity index (χ0v) is 10.7. The Labute approximate surface area is 105 Å². The number of aryl methyl sites for hydroxylation is 2. The maximum absolute atomic E-state index is 4.28. The van der Waals surface area contributed by atoms with Crippen molar-refractivity contribution < 1.29 is 0 Å². The Kier molecular flexibility index (Phi) is 2.89. The minimum absolute atomic E-state index is 0.635. The predicted octanol–water partition coefficient (Wildman–Crippen LogP) is 2.56. The number of fused-ring (bicyclic) bond motifs is 1. The lowest BCUT2D eigenvalue weighted by atomic mass is 10.1. The molecular weight excluding hydrogens is 230 g/mol. The Morgan fingerprint density at radius 1 is 1.24 bits per heavy atom. The summed E-state index contributed by atoms with van der Waals surface area (Å²) in [7, 11) is 0. The van der Waals surface area contributed by atoms with Crippen molar-refractivity contribution in [1.29, 1.82) is 0 Å². The van der Waals surface area contributed by atoms with Gasteiger partial charge in [-0.2, -0.15) is 0 Å². The average molecular weight is 245 g/mol. The van der Waals surface area contributed by atoms with Crippen LogP contribution in [-0.4, -0.2) is 20.0 Å². The number of nitrogens with zero attached hydrogens (tertiary/aromatic N) is 3. The molecular formula is C13H15N3S. The van der Waals surface area contributed by atoms with Crippen LogP contribution in [0.5, 0.6) is 0 Å². The van der Waals surface area contributed by atoms with E-state index in [2.05, 4.69) is 52.0 Å². The van der Waals surface area contributed by atoms with Crippen LogP contribution in [0.15, 0.2) is 35.5 Å². The van der Waals surface area contributed by atoms with Crippen molar-refractivity contribution >= 4 is 11.8 Å². The van der Waals surface area contributed by atoms with Gasteiger partial charge in [-0.15, -0.1) is 10.2 Å². The summed E-state index contributed by atoms with van der Waals surface area (Å²) in [6.07, 6.45) is 2.02. The molecule has 0 radical (unpaired) electrons. The second-order valence-electron chi connectivity index (χ2n) is 4.42. The smallest absolute Gasteiger partial charge is 0.191 e. The van der Waals surface area contributed by atoms with Crippen molar-refractivity contribution in [3.05, 3.63) is 41.7 Å². The van der Waals surface area contributed by atoms with Gasteiger partial charge in [0.05, 0.1) is 0 Å². The van der Waals surface area contributed by atoms with Gasteiger partial charge in [-0.3, -0.25) is 0 Å². The van der Waals surface area contributed by atoms with Crippen molar-refractivity contribution in [2.24, 2.45) is 0 Å². The van der Waals surface area contributed by atoms with E-state index in [1.807, 2.05) is 11.8 Å². The van der Waals surface area contributed by atoms with Gasteiger partial charge in [0.25, 0.3) is 0 Å². The Morgan fingerprint density at radius 2 is 2.06 bits per heavy atom. The number of benzene rings is 1. The molecule has 1 aromatic heterocycles. The fraction of sp³-hybridized carbons (Fsp3) is 0.385. The van der Waals surface area contributed by atoms with Crippen molar-refractivity contribution in [1.82, 2.24) is 14.8 Å². The summed E-state index contributed by atoms with van der Waals surface area (Å²) in [5, 5.41) is 10.2. The first kappa shape index (κ1) is 10.8. The monoisotopic (exact) mass is 245 g/mol. The van der Waals surface area contributed by atoms with Gasteiger partial charge in [0.15, 0.2) is 5.16 Å². The van der Waals surface area contributed by atoms with Crippen LogP contribution >= 0.6 is 11.8 Å². The van der Waals surface area contributed by atoms with Crippen LogP contribution in [0.2, 0.25) is 0 Å². The minimum atomic E-state index is 0.635. The zero-order valence-electron chi connectivity index (χ0n) is 9.84. The molecule has 17 heavy (non-hydrogen) atoms. The highest BCUT2D eigenvalue weighted by Gasteiger charge is 2.23. The van der Waals surface area contributed by atoms with Gasteiger partial charge < -0.3 is 4.57 Å². The molecule has 1 aliphatic rings. The van der Waals surface area contributed by atoms with E-state index in [0.717, 1.165) is 30.4 Å². The number of thioether (sulfide) groups is 1. The topological polar surface area (TPSA) is 30.7 Å². The van der Waals surface area contributed by atoms with Crippen molar-refractivity contribution in [2.45, 2.75) is 36.7 Å². The summed E-state index contributed by atoms with van der Waals surface area (Å²) in [5.41, 5.74) is 1.36. The molecule has 0 aliphatic carbocycles. The molecule has 0 saturated heterocycles. The Balaban J connectivity index is 1.71. The van der Waals surface area contributed by atoms with Gasteiger partial charge in [-0.1, -0.05) is 49.0 Å². The molecule has 1 atom stereocenters. The van der Waals surface area contributed by atoms with Gasteiger partial charge in [-0.05, 0) is 12.0 Å². The summed E-state index contributed by atoms with van der Waals surface area (Å²) in [5.74, 6) is 1.13. The number of hydrogen-bond donors (Lipinski definition) is 0. The van der Waals surface area contributed by atoms with E-state index in [4.69, 9.17) is 0 Å². The summed E-state index contributed by atoms with van der Waals surface area (Å²) in [6, 6.07) is 10.6. The molecule has 0 saturated carbocycles. The van der Waals surface area contributed by atoms with Crippen molar-refractivity contribution in [3.63, 3.8) is 0 Å². The standard InChI is InChI=1S/C13H15N3S/c1-10-9-16-12(14-15-13(16)17-10)8-7-11-5-3-2-4-6-11/h2-6,10H,7-9H2,1H3/t10-/m1/s1. The summed E-state index contributed by atoms with van der Waals surface area (Å²) in [6.45, 7) is 3.29. The highest BCUT2D eigenvalue weighted by atomic mass is 32.2. The third-order valence-corrected chi connectivity index (χ3v) is 4.08. The largest absolute Gasteiger partial charge is 0.305 e. The maximum atomic E-state index is 4.28. The van der Waals surface area contributed by atoms with Crippen LogP contribution < -0.4 is 0 Å². The lowest BCUT2D eigenvalue weighted by Crippen LogP contribution is -2.07. The molecule has 0 fully saturated rings. The fourth-order valence-corrected chi connectivity index (χ4v) is 3.13. The van der Waals surface area contributed by atoms with E-state index in [1.165, 1.54) is 5.56 Å². The third-order valence-electron chi connectivity index (χ3n) is 3.02. The second kappa shape index (κ2) is 4.53. The molecule has 3 rings (SSSR count). The van der Waals surface area contributed by atoms with E-state index < -0.39 is 0 Å². The van der Waals surface area contributed by atoms with Crippen LogP contribution in [0.1, 0.15) is 18.3 Å². The Hall–Kier alpha value is -1.29. The van der Waals surface area contributed by atoms with Gasteiger partial charge in [0, 0.05) is 18.2 Å². The summed E-state index contributed by atoms with van der Waals surface area (Å²) in [4.78, 5) is 0. The molecule has 0 unspecified atom stereocenters. The fourth-order valence-electron chi connectivity index (χ4n) is 2.15. The predicted molar refractivity (Wildman–Crippen MR) is 69.2 cm³/mol. The molecule has 2 aromatic rings. The summed E-state index contributed by atoms with van der Waals surface area (Å²) < 4.78 is 2.26. The molecule has 2 heterocycles. The Morgan fingerprint density at radius 3 is 2.88 bits per heavy atom. The molecule has 0 amide bonds.